The fraction of sp³-hybridized carbons (Fsp3) is 0.667. The summed E-state index contributed by atoms with van der Waals surface area (Å²) in [6, 6.07) is 0.652. The lowest BCUT2D eigenvalue weighted by Crippen LogP contribution is -2.37. The van der Waals surface area contributed by atoms with Crippen molar-refractivity contribution in [2.24, 2.45) is 0 Å². The molecule has 0 N–H and O–H groups in total. The molecule has 2 rings (SSSR count). The van der Waals surface area contributed by atoms with Crippen LogP contribution in [0.15, 0.2) is 12.4 Å². The Balaban J connectivity index is 2.11. The highest BCUT2D eigenvalue weighted by atomic mass is 127. The minimum atomic E-state index is 0.652. The van der Waals surface area contributed by atoms with Crippen molar-refractivity contribution in [2.75, 3.05) is 11.4 Å². The first-order valence-electron chi connectivity index (χ1n) is 6.05. The number of hydrogen-bond donors (Lipinski definition) is 0. The summed E-state index contributed by atoms with van der Waals surface area (Å²) in [6.07, 6.45) is 10.5. The van der Waals surface area contributed by atoms with Crippen LogP contribution in [-0.4, -0.2) is 22.6 Å². The summed E-state index contributed by atoms with van der Waals surface area (Å²) in [6.45, 7) is 3.20. The number of anilines is 1. The predicted molar refractivity (Wildman–Crippen MR) is 74.6 cm³/mol. The highest BCUT2D eigenvalue weighted by Gasteiger charge is 2.21. The molecule has 88 valence electrons. The highest BCUT2D eigenvalue weighted by Crippen LogP contribution is 2.24. The molecule has 0 atom stereocenters. The summed E-state index contributed by atoms with van der Waals surface area (Å²) in [5.74, 6) is 0.898. The van der Waals surface area contributed by atoms with Crippen molar-refractivity contribution in [1.29, 1.82) is 0 Å². The van der Waals surface area contributed by atoms with E-state index in [2.05, 4.69) is 44.4 Å². The van der Waals surface area contributed by atoms with Gasteiger partial charge < -0.3 is 4.90 Å². The zero-order valence-electron chi connectivity index (χ0n) is 9.69. The van der Waals surface area contributed by atoms with Gasteiger partial charge in [0.05, 0.1) is 0 Å². The third-order valence-corrected chi connectivity index (χ3v) is 3.78. The zero-order valence-corrected chi connectivity index (χ0v) is 11.9. The predicted octanol–water partition coefficient (Wildman–Crippen LogP) is 3.24. The molecule has 0 amide bonds. The van der Waals surface area contributed by atoms with E-state index >= 15 is 0 Å². The molecule has 0 spiro atoms. The molecule has 0 saturated heterocycles. The molecule has 0 aliphatic heterocycles. The Bertz CT molecular complexity index is 320. The average molecular weight is 331 g/mol. The third-order valence-electron chi connectivity index (χ3n) is 3.22. The maximum atomic E-state index is 4.43. The second-order valence-electron chi connectivity index (χ2n) is 4.28. The molecule has 1 fully saturated rings. The summed E-state index contributed by atoms with van der Waals surface area (Å²) < 4.78 is 1.10. The maximum absolute atomic E-state index is 4.43. The van der Waals surface area contributed by atoms with Crippen LogP contribution in [0.3, 0.4) is 0 Å². The Morgan fingerprint density at radius 2 is 1.88 bits per heavy atom. The molecular weight excluding hydrogens is 313 g/mol. The molecule has 0 bridgehead atoms. The van der Waals surface area contributed by atoms with Crippen LogP contribution in [0.2, 0.25) is 0 Å². The van der Waals surface area contributed by atoms with Crippen LogP contribution < -0.4 is 4.90 Å². The van der Waals surface area contributed by atoms with Crippen molar-refractivity contribution in [2.45, 2.75) is 45.1 Å². The smallest absolute Gasteiger partial charge is 0.225 e. The fourth-order valence-corrected chi connectivity index (χ4v) is 2.69. The zero-order chi connectivity index (χ0) is 11.4. The molecule has 1 aliphatic carbocycles. The molecular formula is C12H18IN3. The summed E-state index contributed by atoms with van der Waals surface area (Å²) in [7, 11) is 0. The van der Waals surface area contributed by atoms with Gasteiger partial charge in [0, 0.05) is 28.6 Å². The van der Waals surface area contributed by atoms with Crippen LogP contribution in [0.25, 0.3) is 0 Å². The molecule has 1 aromatic rings. The number of rotatable bonds is 3. The van der Waals surface area contributed by atoms with E-state index in [1.54, 1.807) is 0 Å². The second kappa shape index (κ2) is 5.80. The normalized spacial score (nSPS) is 17.4. The first-order chi connectivity index (χ1) is 7.81. The van der Waals surface area contributed by atoms with Crippen molar-refractivity contribution < 1.29 is 0 Å². The standard InChI is InChI=1S/C12H18IN3/c1-2-16(11-6-4-3-5-7-11)12-14-8-10(13)9-15-12/h8-9,11H,2-7H2,1H3. The monoisotopic (exact) mass is 331 g/mol. The van der Waals surface area contributed by atoms with E-state index in [0.717, 1.165) is 16.1 Å². The van der Waals surface area contributed by atoms with E-state index in [9.17, 15) is 0 Å². The van der Waals surface area contributed by atoms with Crippen LogP contribution in [0.4, 0.5) is 5.95 Å². The number of aromatic nitrogens is 2. The van der Waals surface area contributed by atoms with E-state index < -0.39 is 0 Å². The van der Waals surface area contributed by atoms with Gasteiger partial charge in [-0.3, -0.25) is 0 Å². The van der Waals surface area contributed by atoms with Gasteiger partial charge in [-0.1, -0.05) is 19.3 Å². The summed E-state index contributed by atoms with van der Waals surface area (Å²) in [5, 5.41) is 0. The van der Waals surface area contributed by atoms with Gasteiger partial charge in [-0.25, -0.2) is 9.97 Å². The van der Waals surface area contributed by atoms with E-state index in [1.807, 2.05) is 12.4 Å². The van der Waals surface area contributed by atoms with Gasteiger partial charge in [0.2, 0.25) is 5.95 Å². The highest BCUT2D eigenvalue weighted by molar-refractivity contribution is 14.1. The molecule has 1 heterocycles. The van der Waals surface area contributed by atoms with E-state index in [-0.39, 0.29) is 0 Å². The Kier molecular flexibility index (Phi) is 4.37. The lowest BCUT2D eigenvalue weighted by molar-refractivity contribution is 0.414. The van der Waals surface area contributed by atoms with E-state index in [0.29, 0.717) is 6.04 Å². The molecule has 4 heteroatoms. The van der Waals surface area contributed by atoms with Crippen LogP contribution in [0.5, 0.6) is 0 Å². The van der Waals surface area contributed by atoms with E-state index in [4.69, 9.17) is 0 Å². The number of hydrogen-bond acceptors (Lipinski definition) is 3. The van der Waals surface area contributed by atoms with Gasteiger partial charge in [-0.2, -0.15) is 0 Å². The minimum Gasteiger partial charge on any atom is -0.338 e. The minimum absolute atomic E-state index is 0.652. The van der Waals surface area contributed by atoms with Gasteiger partial charge in [-0.05, 0) is 42.4 Å². The van der Waals surface area contributed by atoms with E-state index in [1.165, 1.54) is 32.1 Å². The molecule has 3 nitrogen and oxygen atoms in total. The molecule has 0 unspecified atom stereocenters. The Morgan fingerprint density at radius 1 is 1.25 bits per heavy atom. The van der Waals surface area contributed by atoms with Gasteiger partial charge in [0.25, 0.3) is 0 Å². The van der Waals surface area contributed by atoms with Crippen LogP contribution in [-0.2, 0) is 0 Å². The summed E-state index contributed by atoms with van der Waals surface area (Å²) >= 11 is 2.24. The lowest BCUT2D eigenvalue weighted by Gasteiger charge is -2.33. The quantitative estimate of drug-likeness (QED) is 0.797. The molecule has 1 saturated carbocycles. The first kappa shape index (κ1) is 12.1. The molecule has 1 aromatic heterocycles. The third kappa shape index (κ3) is 2.84. The Hall–Kier alpha value is -0.390. The Labute approximate surface area is 111 Å². The molecule has 16 heavy (non-hydrogen) atoms. The average Bonchev–Trinajstić information content (AvgIpc) is 2.34. The van der Waals surface area contributed by atoms with Crippen molar-refractivity contribution >= 4 is 28.5 Å². The maximum Gasteiger partial charge on any atom is 0.225 e. The van der Waals surface area contributed by atoms with Crippen LogP contribution in [0.1, 0.15) is 39.0 Å². The topological polar surface area (TPSA) is 29.0 Å². The van der Waals surface area contributed by atoms with Crippen molar-refractivity contribution in [3.05, 3.63) is 16.0 Å². The first-order valence-corrected chi connectivity index (χ1v) is 7.13. The second-order valence-corrected chi connectivity index (χ2v) is 5.52. The van der Waals surface area contributed by atoms with Crippen LogP contribution >= 0.6 is 22.6 Å². The van der Waals surface area contributed by atoms with Gasteiger partial charge in [-0.15, -0.1) is 0 Å². The van der Waals surface area contributed by atoms with Crippen molar-refractivity contribution in [1.82, 2.24) is 9.97 Å². The van der Waals surface area contributed by atoms with Gasteiger partial charge in [0.1, 0.15) is 0 Å². The SMILES string of the molecule is CCN(c1ncc(I)cn1)C1CCCCC1. The number of halogens is 1. The van der Waals surface area contributed by atoms with Gasteiger partial charge in [0.15, 0.2) is 0 Å². The lowest BCUT2D eigenvalue weighted by atomic mass is 9.94. The Morgan fingerprint density at radius 3 is 2.44 bits per heavy atom. The summed E-state index contributed by atoms with van der Waals surface area (Å²) in [4.78, 5) is 11.2. The number of nitrogens with zero attached hydrogens (tertiary/aromatic N) is 3. The molecule has 0 radical (unpaired) electrons. The largest absolute Gasteiger partial charge is 0.338 e. The molecule has 0 aromatic carbocycles. The van der Waals surface area contributed by atoms with Crippen molar-refractivity contribution in [3.63, 3.8) is 0 Å². The van der Waals surface area contributed by atoms with Crippen molar-refractivity contribution in [3.8, 4) is 0 Å². The molecule has 1 aliphatic rings. The van der Waals surface area contributed by atoms with Crippen LogP contribution in [0, 0.1) is 3.57 Å². The fourth-order valence-electron chi connectivity index (χ4n) is 2.41. The van der Waals surface area contributed by atoms with Gasteiger partial charge >= 0.3 is 0 Å². The summed E-state index contributed by atoms with van der Waals surface area (Å²) in [5.41, 5.74) is 0.